The standard InChI is InChI=1S/C26H25F3N4O5/c27-26(28,29)37-21-4-2-1-3-18(21)22-19(23(38-32-22)14-5-6-14)13-36-17-11-15-7-8-16(12-17)33(15)25-30-10-9-20(31-25)24(34)35/h1-4,9-10,14-17H,5-8,11-13H2,(H,34,35). The molecule has 2 aliphatic heterocycles. The van der Waals surface area contributed by atoms with Crippen molar-refractivity contribution < 1.29 is 37.1 Å². The van der Waals surface area contributed by atoms with Gasteiger partial charge in [0.2, 0.25) is 5.95 Å². The number of hydrogen-bond donors (Lipinski definition) is 1. The second kappa shape index (κ2) is 9.57. The first-order valence-corrected chi connectivity index (χ1v) is 12.6. The molecule has 200 valence electrons. The van der Waals surface area contributed by atoms with Gasteiger partial charge in [-0.15, -0.1) is 13.2 Å². The second-order valence-corrected chi connectivity index (χ2v) is 9.94. The number of carboxylic acids is 1. The van der Waals surface area contributed by atoms with Gasteiger partial charge in [-0.2, -0.15) is 0 Å². The predicted molar refractivity (Wildman–Crippen MR) is 127 cm³/mol. The number of anilines is 1. The molecule has 1 aliphatic carbocycles. The van der Waals surface area contributed by atoms with Crippen molar-refractivity contribution in [1.29, 1.82) is 0 Å². The maximum atomic E-state index is 13.0. The Morgan fingerprint density at radius 3 is 2.53 bits per heavy atom. The third-order valence-corrected chi connectivity index (χ3v) is 7.38. The zero-order chi connectivity index (χ0) is 26.4. The minimum Gasteiger partial charge on any atom is -0.477 e. The van der Waals surface area contributed by atoms with E-state index in [-0.39, 0.29) is 47.7 Å². The summed E-state index contributed by atoms with van der Waals surface area (Å²) in [6, 6.07) is 7.47. The van der Waals surface area contributed by atoms with E-state index in [4.69, 9.17) is 9.26 Å². The van der Waals surface area contributed by atoms with Crippen LogP contribution in [0.5, 0.6) is 5.75 Å². The zero-order valence-corrected chi connectivity index (χ0v) is 20.2. The fraction of sp³-hybridized carbons (Fsp3) is 0.462. The van der Waals surface area contributed by atoms with Crippen molar-refractivity contribution in [3.05, 3.63) is 53.5 Å². The molecule has 4 heterocycles. The Morgan fingerprint density at radius 2 is 1.84 bits per heavy atom. The van der Waals surface area contributed by atoms with Gasteiger partial charge >= 0.3 is 12.3 Å². The van der Waals surface area contributed by atoms with Gasteiger partial charge in [0.1, 0.15) is 17.2 Å². The molecule has 3 aliphatic rings. The van der Waals surface area contributed by atoms with Crippen LogP contribution in [0.2, 0.25) is 0 Å². The summed E-state index contributed by atoms with van der Waals surface area (Å²) < 4.78 is 55.3. The number of para-hydroxylation sites is 1. The monoisotopic (exact) mass is 530 g/mol. The number of aromatic nitrogens is 3. The lowest BCUT2D eigenvalue weighted by atomic mass is 9.99. The molecule has 0 spiro atoms. The van der Waals surface area contributed by atoms with Crippen LogP contribution in [0, 0.1) is 0 Å². The second-order valence-electron chi connectivity index (χ2n) is 9.94. The molecule has 1 saturated carbocycles. The molecule has 6 rings (SSSR count). The fourth-order valence-corrected chi connectivity index (χ4v) is 5.60. The lowest BCUT2D eigenvalue weighted by molar-refractivity contribution is -0.274. The number of carboxylic acid groups (broad SMARTS) is 1. The summed E-state index contributed by atoms with van der Waals surface area (Å²) in [5.41, 5.74) is 1.10. The summed E-state index contributed by atoms with van der Waals surface area (Å²) in [4.78, 5) is 22.0. The fourth-order valence-electron chi connectivity index (χ4n) is 5.60. The maximum absolute atomic E-state index is 13.0. The first-order valence-electron chi connectivity index (χ1n) is 12.6. The van der Waals surface area contributed by atoms with E-state index in [9.17, 15) is 23.1 Å². The number of fused-ring (bicyclic) bond motifs is 2. The number of carbonyl (C=O) groups is 1. The maximum Gasteiger partial charge on any atom is 0.573 e. The van der Waals surface area contributed by atoms with Crippen LogP contribution in [0.15, 0.2) is 41.1 Å². The molecule has 0 radical (unpaired) electrons. The average molecular weight is 531 g/mol. The van der Waals surface area contributed by atoms with Crippen LogP contribution in [0.3, 0.4) is 0 Å². The van der Waals surface area contributed by atoms with Crippen molar-refractivity contribution in [2.24, 2.45) is 0 Å². The smallest absolute Gasteiger partial charge is 0.477 e. The van der Waals surface area contributed by atoms with Crippen molar-refractivity contribution in [1.82, 2.24) is 15.1 Å². The van der Waals surface area contributed by atoms with Crippen LogP contribution < -0.4 is 9.64 Å². The van der Waals surface area contributed by atoms with E-state index >= 15 is 0 Å². The molecular formula is C26H25F3N4O5. The van der Waals surface area contributed by atoms with Crippen molar-refractivity contribution in [3.63, 3.8) is 0 Å². The quantitative estimate of drug-likeness (QED) is 0.414. The molecule has 2 aromatic heterocycles. The van der Waals surface area contributed by atoms with Gasteiger partial charge in [0.25, 0.3) is 0 Å². The number of nitrogens with zero attached hydrogens (tertiary/aromatic N) is 4. The highest BCUT2D eigenvalue weighted by Crippen LogP contribution is 2.46. The van der Waals surface area contributed by atoms with Crippen molar-refractivity contribution in [3.8, 4) is 17.0 Å². The number of aromatic carboxylic acids is 1. The summed E-state index contributed by atoms with van der Waals surface area (Å²) in [6.45, 7) is 0.153. The van der Waals surface area contributed by atoms with E-state index in [0.29, 0.717) is 35.8 Å². The molecule has 1 N–H and O–H groups in total. The molecule has 2 bridgehead atoms. The number of ether oxygens (including phenoxy) is 2. The molecular weight excluding hydrogens is 505 g/mol. The van der Waals surface area contributed by atoms with E-state index in [1.54, 1.807) is 6.07 Å². The number of piperidine rings is 1. The number of hydrogen-bond acceptors (Lipinski definition) is 8. The molecule has 38 heavy (non-hydrogen) atoms. The Kier molecular flexibility index (Phi) is 6.21. The molecule has 9 nitrogen and oxygen atoms in total. The van der Waals surface area contributed by atoms with Gasteiger partial charge in [-0.25, -0.2) is 14.8 Å². The van der Waals surface area contributed by atoms with Gasteiger partial charge < -0.3 is 24.0 Å². The van der Waals surface area contributed by atoms with Crippen LogP contribution in [-0.2, 0) is 11.3 Å². The van der Waals surface area contributed by atoms with Crippen LogP contribution in [-0.4, -0.2) is 50.8 Å². The normalized spacial score (nSPS) is 23.0. The zero-order valence-electron chi connectivity index (χ0n) is 20.2. The van der Waals surface area contributed by atoms with Crippen molar-refractivity contribution >= 4 is 11.9 Å². The van der Waals surface area contributed by atoms with Gasteiger partial charge in [0.15, 0.2) is 5.69 Å². The van der Waals surface area contributed by atoms with E-state index in [2.05, 4.69) is 24.8 Å². The van der Waals surface area contributed by atoms with E-state index in [1.807, 2.05) is 0 Å². The van der Waals surface area contributed by atoms with E-state index < -0.39 is 12.3 Å². The average Bonchev–Trinajstić information content (AvgIpc) is 3.58. The number of alkyl halides is 3. The Hall–Kier alpha value is -3.67. The SMILES string of the molecule is O=C(O)c1ccnc(N2C3CCC2CC(OCc2c(-c4ccccc4OC(F)(F)F)noc2C2CC2)C3)n1. The molecule has 0 amide bonds. The van der Waals surface area contributed by atoms with Gasteiger partial charge in [-0.05, 0) is 56.7 Å². The highest BCUT2D eigenvalue weighted by atomic mass is 19.4. The Labute approximate surface area is 215 Å². The summed E-state index contributed by atoms with van der Waals surface area (Å²) in [5, 5.41) is 13.4. The van der Waals surface area contributed by atoms with Gasteiger partial charge in [-0.3, -0.25) is 0 Å². The number of benzene rings is 1. The van der Waals surface area contributed by atoms with Crippen molar-refractivity contribution in [2.75, 3.05) is 4.90 Å². The summed E-state index contributed by atoms with van der Waals surface area (Å²) in [5.74, 6) is -0.193. The molecule has 12 heteroatoms. The predicted octanol–water partition coefficient (Wildman–Crippen LogP) is 5.32. The van der Waals surface area contributed by atoms with Gasteiger partial charge in [0, 0.05) is 35.3 Å². The molecule has 2 unspecified atom stereocenters. The summed E-state index contributed by atoms with van der Waals surface area (Å²) in [6.07, 6.45) is 1.62. The molecule has 3 aromatic rings. The minimum atomic E-state index is -4.84. The first-order chi connectivity index (χ1) is 18.3. The van der Waals surface area contributed by atoms with Crippen LogP contribution in [0.4, 0.5) is 19.1 Å². The largest absolute Gasteiger partial charge is 0.573 e. The highest BCUT2D eigenvalue weighted by Gasteiger charge is 2.43. The Morgan fingerprint density at radius 1 is 1.11 bits per heavy atom. The van der Waals surface area contributed by atoms with E-state index in [0.717, 1.165) is 25.7 Å². The lowest BCUT2D eigenvalue weighted by Crippen LogP contribution is -2.46. The number of halogens is 3. The minimum absolute atomic E-state index is 0.0462. The van der Waals surface area contributed by atoms with E-state index in [1.165, 1.54) is 30.5 Å². The summed E-state index contributed by atoms with van der Waals surface area (Å²) >= 11 is 0. The Balaban J connectivity index is 1.20. The molecule has 1 aromatic carbocycles. The lowest BCUT2D eigenvalue weighted by Gasteiger charge is -2.38. The number of rotatable bonds is 8. The molecule has 3 fully saturated rings. The summed E-state index contributed by atoms with van der Waals surface area (Å²) in [7, 11) is 0. The van der Waals surface area contributed by atoms with Gasteiger partial charge in [0.05, 0.1) is 12.7 Å². The van der Waals surface area contributed by atoms with Gasteiger partial charge in [-0.1, -0.05) is 17.3 Å². The van der Waals surface area contributed by atoms with Crippen molar-refractivity contribution in [2.45, 2.75) is 75.6 Å². The highest BCUT2D eigenvalue weighted by molar-refractivity contribution is 5.85. The third-order valence-electron chi connectivity index (χ3n) is 7.38. The molecule has 2 atom stereocenters. The Bertz CT molecular complexity index is 1330. The third kappa shape index (κ3) is 4.92. The molecule has 2 saturated heterocycles. The van der Waals surface area contributed by atoms with Crippen LogP contribution in [0.1, 0.15) is 66.3 Å². The first kappa shape index (κ1) is 24.7. The van der Waals surface area contributed by atoms with Crippen LogP contribution >= 0.6 is 0 Å². The topological polar surface area (TPSA) is 111 Å². The van der Waals surface area contributed by atoms with Crippen LogP contribution in [0.25, 0.3) is 11.3 Å².